The number of nitrogens with zero attached hydrogens (tertiary/aromatic N) is 2. The summed E-state index contributed by atoms with van der Waals surface area (Å²) in [6, 6.07) is 1.95. The molecule has 0 spiro atoms. The Labute approximate surface area is 71.3 Å². The van der Waals surface area contributed by atoms with Crippen molar-refractivity contribution in [3.05, 3.63) is 11.4 Å². The summed E-state index contributed by atoms with van der Waals surface area (Å²) in [6.07, 6.45) is 0.153. The summed E-state index contributed by atoms with van der Waals surface area (Å²) in [6.45, 7) is 3.73. The molecule has 1 heterocycles. The second-order valence-corrected chi connectivity index (χ2v) is 3.01. The molecule has 0 atom stereocenters. The molecule has 0 radical (unpaired) electrons. The third-order valence-electron chi connectivity index (χ3n) is 1.82. The summed E-state index contributed by atoms with van der Waals surface area (Å²) in [4.78, 5) is 12.7. The van der Waals surface area contributed by atoms with Gasteiger partial charge >= 0.3 is 0 Å². The molecule has 1 aliphatic rings. The Balaban J connectivity index is 2.98. The van der Waals surface area contributed by atoms with E-state index in [9.17, 15) is 4.79 Å². The third-order valence-corrected chi connectivity index (χ3v) is 1.82. The molecule has 0 saturated heterocycles. The van der Waals surface area contributed by atoms with E-state index in [2.05, 4.69) is 0 Å². The van der Waals surface area contributed by atoms with Crippen molar-refractivity contribution in [2.75, 3.05) is 0 Å². The maximum Gasteiger partial charge on any atom is 0.233 e. The fraction of sp³-hybridized carbons (Fsp3) is 0.500. The Morgan fingerprint density at radius 2 is 2.25 bits per heavy atom. The van der Waals surface area contributed by atoms with E-state index in [0.29, 0.717) is 11.4 Å². The third kappa shape index (κ3) is 1.14. The minimum Gasteiger partial charge on any atom is -0.384 e. The predicted octanol–water partition coefficient (Wildman–Crippen LogP) is 0.321. The standard InChI is InChI=1S/C8H11N3O/c1-5(2)11-7(12)3-6(4-9)8(11)10/h5H,3,10H2,1-2H3. The predicted molar refractivity (Wildman–Crippen MR) is 43.4 cm³/mol. The van der Waals surface area contributed by atoms with Gasteiger partial charge in [-0.1, -0.05) is 0 Å². The number of rotatable bonds is 1. The second kappa shape index (κ2) is 2.86. The lowest BCUT2D eigenvalue weighted by atomic mass is 10.2. The molecule has 4 heteroatoms. The van der Waals surface area contributed by atoms with Crippen LogP contribution in [0.3, 0.4) is 0 Å². The number of amides is 1. The molecule has 0 aromatic rings. The number of carbonyl (C=O) groups is 1. The first-order valence-corrected chi connectivity index (χ1v) is 3.78. The van der Waals surface area contributed by atoms with Gasteiger partial charge in [0.15, 0.2) is 0 Å². The first-order chi connectivity index (χ1) is 5.57. The van der Waals surface area contributed by atoms with Crippen molar-refractivity contribution in [1.82, 2.24) is 4.90 Å². The smallest absolute Gasteiger partial charge is 0.233 e. The van der Waals surface area contributed by atoms with Crippen LogP contribution in [0.25, 0.3) is 0 Å². The molecule has 0 aromatic heterocycles. The fourth-order valence-corrected chi connectivity index (χ4v) is 1.27. The van der Waals surface area contributed by atoms with E-state index >= 15 is 0 Å². The quantitative estimate of drug-likeness (QED) is 0.608. The van der Waals surface area contributed by atoms with Gasteiger partial charge in [-0.15, -0.1) is 0 Å². The zero-order valence-corrected chi connectivity index (χ0v) is 7.16. The van der Waals surface area contributed by atoms with Crippen LogP contribution in [-0.2, 0) is 4.79 Å². The largest absolute Gasteiger partial charge is 0.384 e. The van der Waals surface area contributed by atoms with Crippen molar-refractivity contribution in [3.8, 4) is 6.07 Å². The summed E-state index contributed by atoms with van der Waals surface area (Å²) in [5, 5.41) is 8.59. The van der Waals surface area contributed by atoms with Gasteiger partial charge in [0, 0.05) is 6.04 Å². The molecule has 0 unspecified atom stereocenters. The summed E-state index contributed by atoms with van der Waals surface area (Å²) in [5.41, 5.74) is 5.97. The first-order valence-electron chi connectivity index (χ1n) is 3.78. The van der Waals surface area contributed by atoms with Crippen LogP contribution in [0.5, 0.6) is 0 Å². The Bertz CT molecular complexity index is 285. The molecule has 0 saturated carbocycles. The van der Waals surface area contributed by atoms with E-state index < -0.39 is 0 Å². The van der Waals surface area contributed by atoms with Crippen LogP contribution < -0.4 is 5.73 Å². The molecule has 0 bridgehead atoms. The van der Waals surface area contributed by atoms with Crippen molar-refractivity contribution >= 4 is 5.91 Å². The van der Waals surface area contributed by atoms with Gasteiger partial charge in [0.1, 0.15) is 5.82 Å². The van der Waals surface area contributed by atoms with Crippen LogP contribution in [0, 0.1) is 11.3 Å². The molecule has 12 heavy (non-hydrogen) atoms. The highest BCUT2D eigenvalue weighted by Gasteiger charge is 2.29. The Morgan fingerprint density at radius 3 is 2.50 bits per heavy atom. The molecule has 0 fully saturated rings. The fourth-order valence-electron chi connectivity index (χ4n) is 1.27. The van der Waals surface area contributed by atoms with Crippen molar-refractivity contribution < 1.29 is 4.79 Å². The minimum atomic E-state index is -0.0842. The molecule has 0 aromatic carbocycles. The van der Waals surface area contributed by atoms with Crippen molar-refractivity contribution in [3.63, 3.8) is 0 Å². The van der Waals surface area contributed by atoms with Crippen molar-refractivity contribution in [1.29, 1.82) is 5.26 Å². The van der Waals surface area contributed by atoms with Gasteiger partial charge < -0.3 is 5.73 Å². The lowest BCUT2D eigenvalue weighted by Gasteiger charge is -2.21. The van der Waals surface area contributed by atoms with E-state index in [1.807, 2.05) is 19.9 Å². The van der Waals surface area contributed by atoms with Crippen LogP contribution in [0.4, 0.5) is 0 Å². The van der Waals surface area contributed by atoms with Gasteiger partial charge in [-0.2, -0.15) is 5.26 Å². The SMILES string of the molecule is CC(C)N1C(=O)CC(C#N)=C1N. The molecular formula is C8H11N3O. The highest BCUT2D eigenvalue weighted by Crippen LogP contribution is 2.21. The van der Waals surface area contributed by atoms with Crippen molar-refractivity contribution in [2.45, 2.75) is 26.3 Å². The van der Waals surface area contributed by atoms with E-state index in [1.54, 1.807) is 0 Å². The average molecular weight is 165 g/mol. The van der Waals surface area contributed by atoms with Gasteiger partial charge in [0.25, 0.3) is 0 Å². The number of nitrogens with two attached hydrogens (primary N) is 1. The molecule has 1 aliphatic heterocycles. The van der Waals surface area contributed by atoms with Crippen LogP contribution >= 0.6 is 0 Å². The molecule has 64 valence electrons. The average Bonchev–Trinajstić information content (AvgIpc) is 2.25. The molecule has 1 rings (SSSR count). The normalized spacial score (nSPS) is 17.5. The highest BCUT2D eigenvalue weighted by molar-refractivity contribution is 5.85. The molecule has 0 aliphatic carbocycles. The van der Waals surface area contributed by atoms with Crippen LogP contribution in [0.15, 0.2) is 11.4 Å². The summed E-state index contributed by atoms with van der Waals surface area (Å²) in [5.74, 6) is 0.233. The zero-order valence-electron chi connectivity index (χ0n) is 7.16. The summed E-state index contributed by atoms with van der Waals surface area (Å²) >= 11 is 0. The Kier molecular flexibility index (Phi) is 2.05. The molecule has 2 N–H and O–H groups in total. The van der Waals surface area contributed by atoms with E-state index in [0.717, 1.165) is 0 Å². The lowest BCUT2D eigenvalue weighted by Crippen LogP contribution is -2.34. The molecule has 4 nitrogen and oxygen atoms in total. The number of nitriles is 1. The van der Waals surface area contributed by atoms with Crippen LogP contribution in [-0.4, -0.2) is 16.8 Å². The highest BCUT2D eigenvalue weighted by atomic mass is 16.2. The minimum absolute atomic E-state index is 0.0309. The zero-order chi connectivity index (χ0) is 9.30. The molecular weight excluding hydrogens is 154 g/mol. The molecule has 1 amide bonds. The maximum atomic E-state index is 11.2. The Morgan fingerprint density at radius 1 is 1.67 bits per heavy atom. The number of carbonyl (C=O) groups excluding carboxylic acids is 1. The van der Waals surface area contributed by atoms with Gasteiger partial charge in [-0.05, 0) is 13.8 Å². The topological polar surface area (TPSA) is 70.1 Å². The monoisotopic (exact) mass is 165 g/mol. The van der Waals surface area contributed by atoms with Gasteiger partial charge in [0.2, 0.25) is 5.91 Å². The van der Waals surface area contributed by atoms with Gasteiger partial charge in [0.05, 0.1) is 18.1 Å². The van der Waals surface area contributed by atoms with E-state index in [1.165, 1.54) is 4.90 Å². The summed E-state index contributed by atoms with van der Waals surface area (Å²) in [7, 11) is 0. The van der Waals surface area contributed by atoms with E-state index in [4.69, 9.17) is 11.0 Å². The number of hydrogen-bond acceptors (Lipinski definition) is 3. The van der Waals surface area contributed by atoms with Gasteiger partial charge in [-0.3, -0.25) is 9.69 Å². The number of hydrogen-bond donors (Lipinski definition) is 1. The van der Waals surface area contributed by atoms with Crippen LogP contribution in [0.1, 0.15) is 20.3 Å². The summed E-state index contributed by atoms with van der Waals surface area (Å²) < 4.78 is 0. The Hall–Kier alpha value is -1.50. The maximum absolute atomic E-state index is 11.2. The van der Waals surface area contributed by atoms with Crippen LogP contribution in [0.2, 0.25) is 0 Å². The van der Waals surface area contributed by atoms with Crippen molar-refractivity contribution in [2.24, 2.45) is 5.73 Å². The van der Waals surface area contributed by atoms with E-state index in [-0.39, 0.29) is 18.4 Å². The second-order valence-electron chi connectivity index (χ2n) is 3.01. The lowest BCUT2D eigenvalue weighted by molar-refractivity contribution is -0.128. The van der Waals surface area contributed by atoms with Gasteiger partial charge in [-0.25, -0.2) is 0 Å². The first kappa shape index (κ1) is 8.60.